The van der Waals surface area contributed by atoms with Crippen LogP contribution in [0, 0.1) is 0 Å². The molecule has 0 radical (unpaired) electrons. The summed E-state index contributed by atoms with van der Waals surface area (Å²) < 4.78 is 0. The molecular weight excluding hydrogens is 408 g/mol. The molecule has 2 amide bonds. The van der Waals surface area contributed by atoms with Crippen molar-refractivity contribution in [2.45, 2.75) is 19.1 Å². The Balaban J connectivity index is 1.65. The molecule has 4 aromatic carbocycles. The molecule has 1 N–H and O–H groups in total. The Morgan fingerprint density at radius 3 is 1.52 bits per heavy atom. The van der Waals surface area contributed by atoms with Gasteiger partial charge in [-0.2, -0.15) is 0 Å². The van der Waals surface area contributed by atoms with Crippen LogP contribution in [0.25, 0.3) is 0 Å². The molecule has 0 bridgehead atoms. The molecule has 0 saturated carbocycles. The molecule has 0 unspecified atom stereocenters. The summed E-state index contributed by atoms with van der Waals surface area (Å²) in [6.07, 6.45) is 0. The second-order valence-electron chi connectivity index (χ2n) is 7.85. The Labute approximate surface area is 194 Å². The minimum atomic E-state index is -0.800. The van der Waals surface area contributed by atoms with Crippen LogP contribution in [0.5, 0.6) is 0 Å². The first kappa shape index (κ1) is 22.0. The predicted molar refractivity (Wildman–Crippen MR) is 130 cm³/mol. The molecule has 0 saturated heterocycles. The van der Waals surface area contributed by atoms with Crippen LogP contribution in [0.2, 0.25) is 0 Å². The van der Waals surface area contributed by atoms with Gasteiger partial charge in [-0.05, 0) is 28.8 Å². The lowest BCUT2D eigenvalue weighted by Gasteiger charge is -2.28. The fourth-order valence-electron chi connectivity index (χ4n) is 3.74. The molecule has 0 heterocycles. The summed E-state index contributed by atoms with van der Waals surface area (Å²) in [5, 5.41) is 2.97. The van der Waals surface area contributed by atoms with Gasteiger partial charge in [0.1, 0.15) is 6.04 Å². The Morgan fingerprint density at radius 1 is 0.606 bits per heavy atom. The molecule has 1 atom stereocenters. The highest BCUT2D eigenvalue weighted by Gasteiger charge is 2.28. The van der Waals surface area contributed by atoms with Crippen LogP contribution in [0.3, 0.4) is 0 Å². The van der Waals surface area contributed by atoms with Crippen molar-refractivity contribution in [3.63, 3.8) is 0 Å². The van der Waals surface area contributed by atoms with E-state index in [2.05, 4.69) is 5.32 Å². The van der Waals surface area contributed by atoms with Crippen molar-refractivity contribution < 1.29 is 9.59 Å². The van der Waals surface area contributed by atoms with E-state index in [1.54, 1.807) is 17.0 Å². The molecule has 0 aliphatic rings. The molecular formula is C29H26N2O2. The molecule has 4 heteroatoms. The average molecular weight is 435 g/mol. The van der Waals surface area contributed by atoms with E-state index in [9.17, 15) is 9.59 Å². The molecule has 0 fully saturated rings. The van der Waals surface area contributed by atoms with Crippen molar-refractivity contribution in [3.8, 4) is 0 Å². The molecule has 0 aliphatic heterocycles. The number of rotatable bonds is 8. The van der Waals surface area contributed by atoms with Gasteiger partial charge >= 0.3 is 0 Å². The number of carbonyl (C=O) groups excluding carboxylic acids is 2. The van der Waals surface area contributed by atoms with Crippen LogP contribution in [0.1, 0.15) is 33.1 Å². The summed E-state index contributed by atoms with van der Waals surface area (Å²) in [6, 6.07) is 37.4. The largest absolute Gasteiger partial charge is 0.336 e. The number of benzene rings is 4. The summed E-state index contributed by atoms with van der Waals surface area (Å²) in [4.78, 5) is 28.7. The Kier molecular flexibility index (Phi) is 7.29. The number of nitrogens with one attached hydrogen (secondary N) is 1. The average Bonchev–Trinajstić information content (AvgIpc) is 2.88. The van der Waals surface area contributed by atoms with Crippen LogP contribution >= 0.6 is 0 Å². The van der Waals surface area contributed by atoms with E-state index in [4.69, 9.17) is 0 Å². The van der Waals surface area contributed by atoms with Crippen molar-refractivity contribution in [3.05, 3.63) is 144 Å². The second-order valence-corrected chi connectivity index (χ2v) is 7.85. The first-order valence-corrected chi connectivity index (χ1v) is 11.0. The molecule has 4 aromatic rings. The van der Waals surface area contributed by atoms with Gasteiger partial charge in [-0.25, -0.2) is 0 Å². The maximum atomic E-state index is 13.9. The van der Waals surface area contributed by atoms with Gasteiger partial charge in [-0.3, -0.25) is 9.59 Å². The molecule has 33 heavy (non-hydrogen) atoms. The van der Waals surface area contributed by atoms with Crippen molar-refractivity contribution >= 4 is 11.8 Å². The molecule has 0 spiro atoms. The minimum Gasteiger partial charge on any atom is -0.336 e. The zero-order valence-electron chi connectivity index (χ0n) is 18.3. The van der Waals surface area contributed by atoms with Gasteiger partial charge in [0.2, 0.25) is 5.91 Å². The molecule has 164 valence electrons. The highest BCUT2D eigenvalue weighted by atomic mass is 16.2. The van der Waals surface area contributed by atoms with E-state index >= 15 is 0 Å². The van der Waals surface area contributed by atoms with Crippen molar-refractivity contribution in [1.29, 1.82) is 0 Å². The van der Waals surface area contributed by atoms with Crippen molar-refractivity contribution in [1.82, 2.24) is 10.2 Å². The van der Waals surface area contributed by atoms with Crippen molar-refractivity contribution in [2.75, 3.05) is 0 Å². The molecule has 4 nitrogen and oxygen atoms in total. The number of nitrogens with zero attached hydrogens (tertiary/aromatic N) is 1. The van der Waals surface area contributed by atoms with Crippen LogP contribution in [0.4, 0.5) is 0 Å². The van der Waals surface area contributed by atoms with Crippen LogP contribution in [-0.4, -0.2) is 16.7 Å². The number of hydrogen-bond donors (Lipinski definition) is 1. The maximum Gasteiger partial charge on any atom is 0.252 e. The Morgan fingerprint density at radius 2 is 1.03 bits per heavy atom. The van der Waals surface area contributed by atoms with E-state index < -0.39 is 6.04 Å². The Bertz CT molecular complexity index is 1120. The number of amides is 2. The van der Waals surface area contributed by atoms with Crippen molar-refractivity contribution in [2.24, 2.45) is 0 Å². The molecule has 4 rings (SSSR count). The summed E-state index contributed by atoms with van der Waals surface area (Å²) in [7, 11) is 0. The number of hydrogen-bond acceptors (Lipinski definition) is 2. The van der Waals surface area contributed by atoms with E-state index in [1.165, 1.54) is 0 Å². The summed E-state index contributed by atoms with van der Waals surface area (Å²) in [6.45, 7) is 0.887. The second kappa shape index (κ2) is 10.9. The smallest absolute Gasteiger partial charge is 0.252 e. The lowest BCUT2D eigenvalue weighted by molar-refractivity contribution is -0.134. The fraction of sp³-hybridized carbons (Fsp3) is 0.103. The highest BCUT2D eigenvalue weighted by Crippen LogP contribution is 2.20. The van der Waals surface area contributed by atoms with E-state index in [0.717, 1.165) is 16.7 Å². The number of carbonyl (C=O) groups is 2. The van der Waals surface area contributed by atoms with Gasteiger partial charge in [0, 0.05) is 18.7 Å². The lowest BCUT2D eigenvalue weighted by Crippen LogP contribution is -2.42. The monoisotopic (exact) mass is 434 g/mol. The minimum absolute atomic E-state index is 0.154. The zero-order valence-corrected chi connectivity index (χ0v) is 18.3. The first-order chi connectivity index (χ1) is 16.2. The standard InChI is InChI=1S/C29H26N2O2/c32-28(26-19-11-4-12-20-26)30-27(25-17-9-3-10-18-25)29(33)31(21-23-13-5-1-6-14-23)22-24-15-7-2-8-16-24/h1-20,27H,21-22H2,(H,30,32)/t27-/m1/s1. The third-order valence-corrected chi connectivity index (χ3v) is 5.44. The van der Waals surface area contributed by atoms with E-state index in [1.807, 2.05) is 109 Å². The van der Waals surface area contributed by atoms with Gasteiger partial charge < -0.3 is 10.2 Å². The Hall–Kier alpha value is -4.18. The lowest BCUT2D eigenvalue weighted by atomic mass is 10.0. The SMILES string of the molecule is O=C(N[C@@H](C(=O)N(Cc1ccccc1)Cc1ccccc1)c1ccccc1)c1ccccc1. The van der Waals surface area contributed by atoms with Gasteiger partial charge in [-0.1, -0.05) is 109 Å². The molecule has 0 aliphatic carbocycles. The third-order valence-electron chi connectivity index (χ3n) is 5.44. The zero-order chi connectivity index (χ0) is 22.9. The quantitative estimate of drug-likeness (QED) is 0.404. The van der Waals surface area contributed by atoms with Gasteiger partial charge in [0.15, 0.2) is 0 Å². The predicted octanol–water partition coefficient (Wildman–Crippen LogP) is 5.39. The maximum absolute atomic E-state index is 13.9. The topological polar surface area (TPSA) is 49.4 Å². The summed E-state index contributed by atoms with van der Waals surface area (Å²) in [5.74, 6) is -0.435. The highest BCUT2D eigenvalue weighted by molar-refractivity contribution is 5.97. The summed E-state index contributed by atoms with van der Waals surface area (Å²) in [5.41, 5.74) is 3.33. The van der Waals surface area contributed by atoms with Crippen LogP contribution in [-0.2, 0) is 17.9 Å². The van der Waals surface area contributed by atoms with Crippen LogP contribution in [0.15, 0.2) is 121 Å². The third kappa shape index (κ3) is 5.95. The van der Waals surface area contributed by atoms with E-state index in [0.29, 0.717) is 18.7 Å². The molecule has 0 aromatic heterocycles. The fourth-order valence-corrected chi connectivity index (χ4v) is 3.74. The first-order valence-electron chi connectivity index (χ1n) is 11.0. The summed E-state index contributed by atoms with van der Waals surface area (Å²) >= 11 is 0. The normalized spacial score (nSPS) is 11.4. The van der Waals surface area contributed by atoms with Gasteiger partial charge in [0.05, 0.1) is 0 Å². The van der Waals surface area contributed by atoms with E-state index in [-0.39, 0.29) is 11.8 Å². The van der Waals surface area contributed by atoms with Crippen LogP contribution < -0.4 is 5.32 Å². The van der Waals surface area contributed by atoms with Gasteiger partial charge in [-0.15, -0.1) is 0 Å². The van der Waals surface area contributed by atoms with Gasteiger partial charge in [0.25, 0.3) is 5.91 Å².